The van der Waals surface area contributed by atoms with Crippen molar-refractivity contribution in [3.05, 3.63) is 77.9 Å². The molecule has 6 heteroatoms. The molecular weight excluding hydrogens is 392 g/mol. The lowest BCUT2D eigenvalue weighted by Gasteiger charge is -2.31. The first-order chi connectivity index (χ1) is 14.7. The van der Waals surface area contributed by atoms with E-state index in [0.29, 0.717) is 6.54 Å². The maximum atomic E-state index is 12.5. The van der Waals surface area contributed by atoms with Crippen LogP contribution in [0.5, 0.6) is 0 Å². The first kappa shape index (κ1) is 20.4. The Balaban J connectivity index is 1.25. The van der Waals surface area contributed by atoms with E-state index in [1.807, 2.05) is 30.3 Å². The summed E-state index contributed by atoms with van der Waals surface area (Å²) in [6.07, 6.45) is 1.67. The Kier molecular flexibility index (Phi) is 6.64. The number of nitrogens with one attached hydrogen (secondary N) is 1. The molecule has 0 atom stereocenters. The molecule has 1 aliphatic rings. The summed E-state index contributed by atoms with van der Waals surface area (Å²) in [5, 5.41) is 12.7. The van der Waals surface area contributed by atoms with Crippen molar-refractivity contribution in [1.29, 1.82) is 0 Å². The molecule has 154 valence electrons. The highest BCUT2D eigenvalue weighted by atomic mass is 32.2. The van der Waals surface area contributed by atoms with Crippen molar-refractivity contribution in [2.24, 2.45) is 5.92 Å². The highest BCUT2D eigenvalue weighted by molar-refractivity contribution is 7.99. The average Bonchev–Trinajstić information content (AvgIpc) is 2.80. The summed E-state index contributed by atoms with van der Waals surface area (Å²) in [6.45, 7) is 4.30. The van der Waals surface area contributed by atoms with Crippen LogP contribution in [0.4, 0.5) is 5.82 Å². The summed E-state index contributed by atoms with van der Waals surface area (Å²) in [6, 6.07) is 22.5. The van der Waals surface area contributed by atoms with Gasteiger partial charge in [-0.15, -0.1) is 10.2 Å². The van der Waals surface area contributed by atoms with Crippen LogP contribution in [0.2, 0.25) is 0 Å². The van der Waals surface area contributed by atoms with Crippen molar-refractivity contribution >= 4 is 23.5 Å². The third kappa shape index (κ3) is 5.39. The molecule has 0 saturated carbocycles. The number of rotatable bonds is 6. The Morgan fingerprint density at radius 3 is 2.40 bits per heavy atom. The lowest BCUT2D eigenvalue weighted by atomic mass is 9.96. The highest BCUT2D eigenvalue weighted by Gasteiger charge is 2.25. The van der Waals surface area contributed by atoms with Crippen molar-refractivity contribution in [3.63, 3.8) is 0 Å². The van der Waals surface area contributed by atoms with E-state index < -0.39 is 0 Å². The predicted octanol–water partition coefficient (Wildman–Crippen LogP) is 4.47. The number of hydrogen-bond donors (Lipinski definition) is 1. The average molecular weight is 419 g/mol. The zero-order valence-corrected chi connectivity index (χ0v) is 17.9. The van der Waals surface area contributed by atoms with Gasteiger partial charge < -0.3 is 10.2 Å². The number of aromatic nitrogens is 2. The smallest absolute Gasteiger partial charge is 0.223 e. The van der Waals surface area contributed by atoms with Gasteiger partial charge in [0.15, 0.2) is 5.82 Å². The third-order valence-electron chi connectivity index (χ3n) is 5.37. The van der Waals surface area contributed by atoms with Crippen LogP contribution in [0, 0.1) is 12.8 Å². The second-order valence-electron chi connectivity index (χ2n) is 7.61. The van der Waals surface area contributed by atoms with Crippen LogP contribution in [0.3, 0.4) is 0 Å². The van der Waals surface area contributed by atoms with E-state index in [-0.39, 0.29) is 11.8 Å². The molecule has 1 amide bonds. The number of hydrogen-bond acceptors (Lipinski definition) is 5. The molecule has 1 fully saturated rings. The van der Waals surface area contributed by atoms with Gasteiger partial charge in [-0.05, 0) is 49.6 Å². The van der Waals surface area contributed by atoms with E-state index in [2.05, 4.69) is 63.7 Å². The third-order valence-corrected chi connectivity index (χ3v) is 6.30. The standard InChI is InChI=1S/C24H26N4OS/c1-18-7-9-19(10-8-18)17-25-24(29)20-13-15-28(16-14-20)22-11-12-23(27-26-22)30-21-5-3-2-4-6-21/h2-12,20H,13-17H2,1H3,(H,25,29). The number of nitrogens with zero attached hydrogens (tertiary/aromatic N) is 3. The van der Waals surface area contributed by atoms with E-state index in [4.69, 9.17) is 0 Å². The SMILES string of the molecule is Cc1ccc(CNC(=O)C2CCN(c3ccc(Sc4ccccc4)nn3)CC2)cc1. The topological polar surface area (TPSA) is 58.1 Å². The van der Waals surface area contributed by atoms with Crippen molar-refractivity contribution in [1.82, 2.24) is 15.5 Å². The minimum atomic E-state index is 0.0626. The van der Waals surface area contributed by atoms with Gasteiger partial charge in [-0.2, -0.15) is 0 Å². The molecule has 1 saturated heterocycles. The van der Waals surface area contributed by atoms with Gasteiger partial charge in [-0.1, -0.05) is 59.8 Å². The molecule has 30 heavy (non-hydrogen) atoms. The normalized spacial score (nSPS) is 14.5. The van der Waals surface area contributed by atoms with Gasteiger partial charge in [0.05, 0.1) is 0 Å². The molecule has 0 aliphatic carbocycles. The number of carbonyl (C=O) groups excluding carboxylic acids is 1. The molecule has 0 radical (unpaired) electrons. The van der Waals surface area contributed by atoms with Crippen LogP contribution in [0.15, 0.2) is 76.7 Å². The van der Waals surface area contributed by atoms with E-state index >= 15 is 0 Å². The van der Waals surface area contributed by atoms with Crippen LogP contribution >= 0.6 is 11.8 Å². The van der Waals surface area contributed by atoms with Gasteiger partial charge in [-0.3, -0.25) is 4.79 Å². The first-order valence-electron chi connectivity index (χ1n) is 10.3. The molecule has 2 aromatic carbocycles. The Labute approximate surface area is 181 Å². The van der Waals surface area contributed by atoms with Crippen LogP contribution in [-0.2, 0) is 11.3 Å². The first-order valence-corrected chi connectivity index (χ1v) is 11.1. The van der Waals surface area contributed by atoms with Crippen LogP contribution in [-0.4, -0.2) is 29.2 Å². The minimum absolute atomic E-state index is 0.0626. The molecule has 5 nitrogen and oxygen atoms in total. The number of carbonyl (C=O) groups is 1. The van der Waals surface area contributed by atoms with Crippen molar-refractivity contribution < 1.29 is 4.79 Å². The highest BCUT2D eigenvalue weighted by Crippen LogP contribution is 2.27. The summed E-state index contributed by atoms with van der Waals surface area (Å²) in [5.74, 6) is 1.09. The van der Waals surface area contributed by atoms with E-state index in [0.717, 1.165) is 47.2 Å². The Morgan fingerprint density at radius 2 is 1.73 bits per heavy atom. The van der Waals surface area contributed by atoms with Crippen LogP contribution in [0.1, 0.15) is 24.0 Å². The molecule has 0 spiro atoms. The number of benzene rings is 2. The summed E-state index contributed by atoms with van der Waals surface area (Å²) >= 11 is 1.61. The second-order valence-corrected chi connectivity index (χ2v) is 8.70. The largest absolute Gasteiger partial charge is 0.355 e. The number of piperidine rings is 1. The second kappa shape index (κ2) is 9.76. The Bertz CT molecular complexity index is 953. The zero-order chi connectivity index (χ0) is 20.8. The fraction of sp³-hybridized carbons (Fsp3) is 0.292. The van der Waals surface area contributed by atoms with E-state index in [1.165, 1.54) is 5.56 Å². The molecule has 1 N–H and O–H groups in total. The summed E-state index contributed by atoms with van der Waals surface area (Å²) in [4.78, 5) is 15.9. The predicted molar refractivity (Wildman–Crippen MR) is 121 cm³/mol. The van der Waals surface area contributed by atoms with Gasteiger partial charge in [0.25, 0.3) is 0 Å². The molecule has 1 aliphatic heterocycles. The molecule has 0 bridgehead atoms. The maximum Gasteiger partial charge on any atom is 0.223 e. The lowest BCUT2D eigenvalue weighted by Crippen LogP contribution is -2.40. The van der Waals surface area contributed by atoms with Gasteiger partial charge in [0.1, 0.15) is 5.03 Å². The van der Waals surface area contributed by atoms with E-state index in [9.17, 15) is 4.79 Å². The Morgan fingerprint density at radius 1 is 1.00 bits per heavy atom. The number of aryl methyl sites for hydroxylation is 1. The van der Waals surface area contributed by atoms with Crippen molar-refractivity contribution in [2.45, 2.75) is 36.2 Å². The molecule has 0 unspecified atom stereocenters. The number of anilines is 1. The minimum Gasteiger partial charge on any atom is -0.355 e. The zero-order valence-electron chi connectivity index (χ0n) is 17.1. The van der Waals surface area contributed by atoms with Crippen LogP contribution < -0.4 is 10.2 Å². The fourth-order valence-corrected chi connectivity index (χ4v) is 4.31. The van der Waals surface area contributed by atoms with E-state index in [1.54, 1.807) is 11.8 Å². The van der Waals surface area contributed by atoms with Gasteiger partial charge in [0, 0.05) is 30.4 Å². The molecule has 1 aromatic heterocycles. The van der Waals surface area contributed by atoms with Gasteiger partial charge in [-0.25, -0.2) is 0 Å². The maximum absolute atomic E-state index is 12.5. The summed E-state index contributed by atoms with van der Waals surface area (Å²) in [5.41, 5.74) is 2.36. The molecular formula is C24H26N4OS. The quantitative estimate of drug-likeness (QED) is 0.640. The number of amides is 1. The van der Waals surface area contributed by atoms with Gasteiger partial charge in [0.2, 0.25) is 5.91 Å². The van der Waals surface area contributed by atoms with Crippen molar-refractivity contribution in [3.8, 4) is 0 Å². The molecule has 3 aromatic rings. The molecule has 4 rings (SSSR count). The monoisotopic (exact) mass is 418 g/mol. The Hall–Kier alpha value is -2.86. The lowest BCUT2D eigenvalue weighted by molar-refractivity contribution is -0.125. The summed E-state index contributed by atoms with van der Waals surface area (Å²) in [7, 11) is 0. The van der Waals surface area contributed by atoms with Crippen molar-refractivity contribution in [2.75, 3.05) is 18.0 Å². The summed E-state index contributed by atoms with van der Waals surface area (Å²) < 4.78 is 0. The fourth-order valence-electron chi connectivity index (χ4n) is 3.56. The van der Waals surface area contributed by atoms with Gasteiger partial charge >= 0.3 is 0 Å². The molecule has 2 heterocycles. The van der Waals surface area contributed by atoms with Crippen LogP contribution in [0.25, 0.3) is 0 Å².